The first-order chi connectivity index (χ1) is 11.9. The van der Waals surface area contributed by atoms with E-state index in [-0.39, 0.29) is 11.6 Å². The summed E-state index contributed by atoms with van der Waals surface area (Å²) in [6.45, 7) is 3.52. The highest BCUT2D eigenvalue weighted by molar-refractivity contribution is 6.32. The molecule has 0 unspecified atom stereocenters. The fourth-order valence-electron chi connectivity index (χ4n) is 3.21. The SMILES string of the molecule is Cc1cc(NCCCN(C)C)c2c(c1N)C(=O)c1ccccc1C2=O. The van der Waals surface area contributed by atoms with Crippen molar-refractivity contribution in [3.8, 4) is 0 Å². The lowest BCUT2D eigenvalue weighted by Crippen LogP contribution is -2.25. The molecule has 1 aliphatic carbocycles. The number of hydrogen-bond acceptors (Lipinski definition) is 5. The minimum Gasteiger partial charge on any atom is -0.398 e. The zero-order valence-electron chi connectivity index (χ0n) is 14.8. The van der Waals surface area contributed by atoms with Crippen molar-refractivity contribution in [2.24, 2.45) is 0 Å². The number of hydrogen-bond donors (Lipinski definition) is 2. The van der Waals surface area contributed by atoms with Crippen molar-refractivity contribution < 1.29 is 9.59 Å². The van der Waals surface area contributed by atoms with Crippen molar-refractivity contribution in [3.63, 3.8) is 0 Å². The molecular weight excluding hydrogens is 314 g/mol. The second-order valence-electron chi connectivity index (χ2n) is 6.69. The molecule has 0 fully saturated rings. The number of fused-ring (bicyclic) bond motifs is 2. The van der Waals surface area contributed by atoms with Crippen molar-refractivity contribution in [2.45, 2.75) is 13.3 Å². The third kappa shape index (κ3) is 3.03. The van der Waals surface area contributed by atoms with Gasteiger partial charge in [-0.1, -0.05) is 24.3 Å². The van der Waals surface area contributed by atoms with Crippen LogP contribution in [0, 0.1) is 6.92 Å². The molecule has 0 atom stereocenters. The predicted octanol–water partition coefficient (Wildman–Crippen LogP) is 2.72. The Morgan fingerprint density at radius 2 is 1.64 bits per heavy atom. The van der Waals surface area contributed by atoms with E-state index in [0.717, 1.165) is 25.1 Å². The fourth-order valence-corrected chi connectivity index (χ4v) is 3.21. The van der Waals surface area contributed by atoms with Crippen molar-refractivity contribution in [1.82, 2.24) is 4.90 Å². The average Bonchev–Trinajstić information content (AvgIpc) is 2.59. The van der Waals surface area contributed by atoms with E-state index in [0.29, 0.717) is 33.6 Å². The van der Waals surface area contributed by atoms with Crippen molar-refractivity contribution in [2.75, 3.05) is 38.2 Å². The van der Waals surface area contributed by atoms with Gasteiger partial charge in [-0.25, -0.2) is 0 Å². The second-order valence-corrected chi connectivity index (χ2v) is 6.69. The highest BCUT2D eigenvalue weighted by atomic mass is 16.1. The number of nitrogens with zero attached hydrogens (tertiary/aromatic N) is 1. The number of aryl methyl sites for hydroxylation is 1. The molecular formula is C20H23N3O2. The number of anilines is 2. The Balaban J connectivity index is 2.04. The van der Waals surface area contributed by atoms with Gasteiger partial charge in [0.2, 0.25) is 0 Å². The van der Waals surface area contributed by atoms with Crippen LogP contribution in [0.1, 0.15) is 43.8 Å². The maximum Gasteiger partial charge on any atom is 0.196 e. The van der Waals surface area contributed by atoms with Crippen LogP contribution in [0.4, 0.5) is 11.4 Å². The van der Waals surface area contributed by atoms with Gasteiger partial charge in [-0.05, 0) is 45.6 Å². The quantitative estimate of drug-likeness (QED) is 0.553. The molecule has 0 amide bonds. The van der Waals surface area contributed by atoms with Gasteiger partial charge in [0.25, 0.3) is 0 Å². The number of ketones is 2. The molecule has 2 aromatic carbocycles. The van der Waals surface area contributed by atoms with Crippen molar-refractivity contribution in [1.29, 1.82) is 0 Å². The highest BCUT2D eigenvalue weighted by Gasteiger charge is 2.33. The molecule has 3 rings (SSSR count). The van der Waals surface area contributed by atoms with E-state index in [2.05, 4.69) is 10.2 Å². The number of carbonyl (C=O) groups excluding carboxylic acids is 2. The Morgan fingerprint density at radius 3 is 2.24 bits per heavy atom. The van der Waals surface area contributed by atoms with Gasteiger partial charge in [0.1, 0.15) is 0 Å². The maximum atomic E-state index is 13.0. The van der Waals surface area contributed by atoms with E-state index in [1.54, 1.807) is 24.3 Å². The number of nitrogens with two attached hydrogens (primary N) is 1. The summed E-state index contributed by atoms with van der Waals surface area (Å²) in [5.74, 6) is -0.324. The van der Waals surface area contributed by atoms with Gasteiger partial charge in [0.05, 0.1) is 11.1 Å². The van der Waals surface area contributed by atoms with Gasteiger partial charge in [0.15, 0.2) is 11.6 Å². The van der Waals surface area contributed by atoms with Crippen molar-refractivity contribution in [3.05, 3.63) is 58.1 Å². The molecule has 25 heavy (non-hydrogen) atoms. The van der Waals surface area contributed by atoms with E-state index >= 15 is 0 Å². The van der Waals surface area contributed by atoms with E-state index in [4.69, 9.17) is 5.73 Å². The number of rotatable bonds is 5. The van der Waals surface area contributed by atoms with Crippen LogP contribution in [-0.4, -0.2) is 43.7 Å². The molecule has 3 N–H and O–H groups in total. The minimum absolute atomic E-state index is 0.146. The topological polar surface area (TPSA) is 75.4 Å². The highest BCUT2D eigenvalue weighted by Crippen LogP contribution is 2.37. The summed E-state index contributed by atoms with van der Waals surface area (Å²) in [5, 5.41) is 3.32. The fraction of sp³-hybridized carbons (Fsp3) is 0.300. The standard InChI is InChI=1S/C20H23N3O2/c1-12-11-15(22-9-6-10-23(2)3)16-17(18(12)21)20(25)14-8-5-4-7-13(14)19(16)24/h4-5,7-8,11,22H,6,9-10,21H2,1-3H3. The number of nitrogen functional groups attached to an aromatic ring is 1. The summed E-state index contributed by atoms with van der Waals surface area (Å²) in [6, 6.07) is 8.79. The van der Waals surface area contributed by atoms with E-state index < -0.39 is 0 Å². The first-order valence-corrected chi connectivity index (χ1v) is 8.42. The van der Waals surface area contributed by atoms with Crippen LogP contribution in [0.5, 0.6) is 0 Å². The predicted molar refractivity (Wildman–Crippen MR) is 101 cm³/mol. The molecule has 2 aromatic rings. The Labute approximate surface area is 147 Å². The van der Waals surface area contributed by atoms with Crippen LogP contribution in [-0.2, 0) is 0 Å². The maximum absolute atomic E-state index is 13.0. The molecule has 5 nitrogen and oxygen atoms in total. The van der Waals surface area contributed by atoms with E-state index in [9.17, 15) is 9.59 Å². The lowest BCUT2D eigenvalue weighted by atomic mass is 9.81. The molecule has 0 aromatic heterocycles. The van der Waals surface area contributed by atoms with Crippen LogP contribution in [0.15, 0.2) is 30.3 Å². The van der Waals surface area contributed by atoms with Gasteiger partial charge in [-0.3, -0.25) is 9.59 Å². The average molecular weight is 337 g/mol. The molecule has 0 saturated carbocycles. The Hall–Kier alpha value is -2.66. The summed E-state index contributed by atoms with van der Waals surface area (Å²) in [4.78, 5) is 28.1. The zero-order valence-corrected chi connectivity index (χ0v) is 14.8. The minimum atomic E-state index is -0.178. The van der Waals surface area contributed by atoms with Crippen LogP contribution in [0.25, 0.3) is 0 Å². The summed E-state index contributed by atoms with van der Waals surface area (Å²) in [6.07, 6.45) is 0.934. The largest absolute Gasteiger partial charge is 0.398 e. The monoisotopic (exact) mass is 337 g/mol. The van der Waals surface area contributed by atoms with E-state index in [1.807, 2.05) is 27.1 Å². The Kier molecular flexibility index (Phi) is 4.59. The third-order valence-corrected chi connectivity index (χ3v) is 4.54. The van der Waals surface area contributed by atoms with Gasteiger partial charge in [-0.15, -0.1) is 0 Å². The van der Waals surface area contributed by atoms with Crippen molar-refractivity contribution >= 4 is 22.9 Å². The first kappa shape index (κ1) is 17.2. The van der Waals surface area contributed by atoms with Crippen LogP contribution < -0.4 is 11.1 Å². The summed E-state index contributed by atoms with van der Waals surface area (Å²) >= 11 is 0. The number of nitrogens with one attached hydrogen (secondary N) is 1. The molecule has 0 saturated heterocycles. The smallest absolute Gasteiger partial charge is 0.196 e. The zero-order chi connectivity index (χ0) is 18.1. The van der Waals surface area contributed by atoms with Crippen LogP contribution in [0.3, 0.4) is 0 Å². The molecule has 0 bridgehead atoms. The lowest BCUT2D eigenvalue weighted by molar-refractivity contribution is 0.0980. The number of carbonyl (C=O) groups is 2. The molecule has 1 aliphatic rings. The Bertz CT molecular complexity index is 856. The molecule has 130 valence electrons. The van der Waals surface area contributed by atoms with Gasteiger partial charge >= 0.3 is 0 Å². The normalized spacial score (nSPS) is 13.0. The number of benzene rings is 2. The van der Waals surface area contributed by atoms with Gasteiger partial charge in [-0.2, -0.15) is 0 Å². The summed E-state index contributed by atoms with van der Waals surface area (Å²) in [7, 11) is 4.04. The molecule has 0 heterocycles. The molecule has 0 aliphatic heterocycles. The van der Waals surface area contributed by atoms with Crippen LogP contribution in [0.2, 0.25) is 0 Å². The molecule has 0 radical (unpaired) electrons. The molecule has 0 spiro atoms. The second kappa shape index (κ2) is 6.69. The summed E-state index contributed by atoms with van der Waals surface area (Å²) < 4.78 is 0. The van der Waals surface area contributed by atoms with Crippen LogP contribution >= 0.6 is 0 Å². The third-order valence-electron chi connectivity index (χ3n) is 4.54. The summed E-state index contributed by atoms with van der Waals surface area (Å²) in [5.41, 5.74) is 9.65. The van der Waals surface area contributed by atoms with Gasteiger partial charge in [0, 0.05) is 29.0 Å². The first-order valence-electron chi connectivity index (χ1n) is 8.42. The Morgan fingerprint density at radius 1 is 1.04 bits per heavy atom. The lowest BCUT2D eigenvalue weighted by Gasteiger charge is -2.23. The van der Waals surface area contributed by atoms with E-state index in [1.165, 1.54) is 0 Å². The van der Waals surface area contributed by atoms with Gasteiger partial charge < -0.3 is 16.0 Å². The molecule has 5 heteroatoms.